The summed E-state index contributed by atoms with van der Waals surface area (Å²) < 4.78 is 17.3. The Balaban J connectivity index is 1.71. The Morgan fingerprint density at radius 2 is 2.00 bits per heavy atom. The minimum atomic E-state index is -1.37. The molecule has 1 aromatic carbocycles. The highest BCUT2D eigenvalue weighted by molar-refractivity contribution is 6.42. The predicted molar refractivity (Wildman–Crippen MR) is 119 cm³/mol. The average Bonchev–Trinajstić information content (AvgIpc) is 3.49. The van der Waals surface area contributed by atoms with Gasteiger partial charge in [0.2, 0.25) is 5.43 Å². The Labute approximate surface area is 188 Å². The number of benzene rings is 1. The summed E-state index contributed by atoms with van der Waals surface area (Å²) in [5, 5.41) is 12.4. The topological polar surface area (TPSA) is 74.6 Å². The van der Waals surface area contributed by atoms with Gasteiger partial charge in [-0.15, -0.1) is 0 Å². The van der Waals surface area contributed by atoms with Gasteiger partial charge in [-0.1, -0.05) is 35.4 Å². The SMILES string of the molecule is CNC1C=CCC2CN(c3c(F)c(Cl)c4c(=O)c(C(=O)O)cn(C5CC5)c4c3Cl)CC21. The van der Waals surface area contributed by atoms with Crippen LogP contribution < -0.4 is 15.6 Å². The molecule has 5 rings (SSSR count). The van der Waals surface area contributed by atoms with E-state index in [-0.39, 0.29) is 33.2 Å². The van der Waals surface area contributed by atoms with Gasteiger partial charge in [0, 0.05) is 37.3 Å². The Morgan fingerprint density at radius 3 is 2.65 bits per heavy atom. The van der Waals surface area contributed by atoms with E-state index in [1.54, 1.807) is 4.57 Å². The molecule has 3 unspecified atom stereocenters. The second-order valence-electron chi connectivity index (χ2n) is 8.64. The number of carboxylic acids is 1. The van der Waals surface area contributed by atoms with E-state index in [1.165, 1.54) is 6.20 Å². The Morgan fingerprint density at radius 1 is 1.26 bits per heavy atom. The number of carbonyl (C=O) groups is 1. The molecule has 2 heterocycles. The number of hydrogen-bond donors (Lipinski definition) is 2. The summed E-state index contributed by atoms with van der Waals surface area (Å²) in [4.78, 5) is 26.4. The van der Waals surface area contributed by atoms with Crippen molar-refractivity contribution < 1.29 is 14.3 Å². The van der Waals surface area contributed by atoms with E-state index in [1.807, 2.05) is 11.9 Å². The highest BCUT2D eigenvalue weighted by Gasteiger charge is 2.40. The van der Waals surface area contributed by atoms with Crippen LogP contribution in [-0.2, 0) is 0 Å². The van der Waals surface area contributed by atoms with Crippen molar-refractivity contribution in [2.45, 2.75) is 31.3 Å². The predicted octanol–water partition coefficient (Wildman–Crippen LogP) is 4.08. The Kier molecular flexibility index (Phi) is 5.03. The van der Waals surface area contributed by atoms with Gasteiger partial charge in [0.05, 0.1) is 26.6 Å². The monoisotopic (exact) mass is 465 g/mol. The lowest BCUT2D eigenvalue weighted by Gasteiger charge is -2.28. The third-order valence-corrected chi connectivity index (χ3v) is 7.54. The number of anilines is 1. The number of allylic oxidation sites excluding steroid dienone is 1. The maximum atomic E-state index is 15.6. The molecule has 164 valence electrons. The summed E-state index contributed by atoms with van der Waals surface area (Å²) >= 11 is 13.1. The largest absolute Gasteiger partial charge is 0.477 e. The molecule has 0 bridgehead atoms. The molecule has 2 aliphatic carbocycles. The third-order valence-electron chi connectivity index (χ3n) is 6.83. The molecule has 1 saturated carbocycles. The molecule has 1 saturated heterocycles. The third kappa shape index (κ3) is 3.17. The van der Waals surface area contributed by atoms with Crippen LogP contribution in [0, 0.1) is 17.7 Å². The molecule has 2 fully saturated rings. The van der Waals surface area contributed by atoms with Crippen LogP contribution in [-0.4, -0.2) is 41.8 Å². The number of fused-ring (bicyclic) bond motifs is 2. The number of nitrogens with zero attached hydrogens (tertiary/aromatic N) is 2. The molecule has 31 heavy (non-hydrogen) atoms. The van der Waals surface area contributed by atoms with E-state index < -0.39 is 22.8 Å². The summed E-state index contributed by atoms with van der Waals surface area (Å²) in [5.41, 5.74) is -0.732. The standard InChI is InChI=1S/C22H22Cl2FN3O3/c1-26-14-4-2-3-10-7-27(8-12(10)14)20-17(24)19-15(16(23)18(20)25)21(29)13(22(30)31)9-28(19)11-5-6-11/h2,4,9-12,14,26H,3,5-8H2,1H3,(H,30,31). The van der Waals surface area contributed by atoms with Gasteiger partial charge in [-0.2, -0.15) is 0 Å². The van der Waals surface area contributed by atoms with Gasteiger partial charge in [-0.25, -0.2) is 9.18 Å². The summed E-state index contributed by atoms with van der Waals surface area (Å²) in [5.74, 6) is -1.48. The fourth-order valence-corrected chi connectivity index (χ4v) is 5.80. The lowest BCUT2D eigenvalue weighted by molar-refractivity contribution is 0.0695. The number of rotatable bonds is 4. The highest BCUT2D eigenvalue weighted by atomic mass is 35.5. The maximum Gasteiger partial charge on any atom is 0.341 e. The fraction of sp³-hybridized carbons (Fsp3) is 0.455. The molecule has 0 spiro atoms. The zero-order valence-electron chi connectivity index (χ0n) is 16.9. The van der Waals surface area contributed by atoms with Crippen molar-refractivity contribution in [2.24, 2.45) is 11.8 Å². The van der Waals surface area contributed by atoms with Gasteiger partial charge in [-0.05, 0) is 32.2 Å². The minimum absolute atomic E-state index is 0.0205. The second-order valence-corrected chi connectivity index (χ2v) is 9.39. The molecular weight excluding hydrogens is 444 g/mol. The van der Waals surface area contributed by atoms with Gasteiger partial charge >= 0.3 is 5.97 Å². The van der Waals surface area contributed by atoms with E-state index in [4.69, 9.17) is 23.2 Å². The number of pyridine rings is 1. The Bertz CT molecular complexity index is 1190. The first-order valence-electron chi connectivity index (χ1n) is 10.4. The van der Waals surface area contributed by atoms with Crippen LogP contribution in [0.25, 0.3) is 10.9 Å². The summed E-state index contributed by atoms with van der Waals surface area (Å²) in [6, 6.07) is 0.219. The molecule has 0 radical (unpaired) electrons. The van der Waals surface area contributed by atoms with Crippen molar-refractivity contribution >= 4 is 45.8 Å². The first-order valence-corrected chi connectivity index (χ1v) is 11.2. The number of likely N-dealkylation sites (N-methyl/N-ethyl adjacent to an activating group) is 1. The van der Waals surface area contributed by atoms with Crippen LogP contribution in [0.15, 0.2) is 23.1 Å². The lowest BCUT2D eigenvalue weighted by atomic mass is 9.82. The zero-order valence-corrected chi connectivity index (χ0v) is 18.4. The quantitative estimate of drug-likeness (QED) is 0.525. The van der Waals surface area contributed by atoms with Crippen LogP contribution in [0.4, 0.5) is 10.1 Å². The first-order chi connectivity index (χ1) is 14.8. The summed E-state index contributed by atoms with van der Waals surface area (Å²) in [6.07, 6.45) is 8.19. The molecule has 6 nitrogen and oxygen atoms in total. The van der Waals surface area contributed by atoms with E-state index in [2.05, 4.69) is 17.5 Å². The molecule has 2 N–H and O–H groups in total. The number of hydrogen-bond acceptors (Lipinski definition) is 4. The van der Waals surface area contributed by atoms with Crippen molar-refractivity contribution in [2.75, 3.05) is 25.0 Å². The van der Waals surface area contributed by atoms with E-state index in [9.17, 15) is 14.7 Å². The second kappa shape index (κ2) is 7.50. The van der Waals surface area contributed by atoms with Crippen molar-refractivity contribution in [3.63, 3.8) is 0 Å². The normalized spacial score (nSPS) is 25.3. The van der Waals surface area contributed by atoms with E-state index in [0.717, 1.165) is 19.3 Å². The van der Waals surface area contributed by atoms with Crippen molar-refractivity contribution in [3.8, 4) is 0 Å². The average molecular weight is 466 g/mol. The molecule has 2 aromatic rings. The van der Waals surface area contributed by atoms with Gasteiger partial charge in [0.25, 0.3) is 0 Å². The summed E-state index contributed by atoms with van der Waals surface area (Å²) in [7, 11) is 1.91. The molecule has 1 aliphatic heterocycles. The highest BCUT2D eigenvalue weighted by Crippen LogP contribution is 2.47. The van der Waals surface area contributed by atoms with Crippen molar-refractivity contribution in [1.82, 2.24) is 9.88 Å². The number of carboxylic acid groups (broad SMARTS) is 1. The zero-order chi connectivity index (χ0) is 22.0. The molecular formula is C22H22Cl2FN3O3. The van der Waals surface area contributed by atoms with Crippen molar-refractivity contribution in [3.05, 3.63) is 50.0 Å². The molecule has 3 aliphatic rings. The number of aromatic nitrogens is 1. The number of nitrogens with one attached hydrogen (secondary N) is 1. The van der Waals surface area contributed by atoms with Crippen LogP contribution >= 0.6 is 23.2 Å². The smallest absolute Gasteiger partial charge is 0.341 e. The fourth-order valence-electron chi connectivity index (χ4n) is 5.14. The molecule has 3 atom stereocenters. The van der Waals surface area contributed by atoms with E-state index in [0.29, 0.717) is 30.4 Å². The number of halogens is 3. The van der Waals surface area contributed by atoms with Gasteiger partial charge < -0.3 is 19.9 Å². The molecule has 1 aromatic heterocycles. The lowest BCUT2D eigenvalue weighted by Crippen LogP contribution is -2.38. The van der Waals surface area contributed by atoms with Crippen LogP contribution in [0.1, 0.15) is 35.7 Å². The minimum Gasteiger partial charge on any atom is -0.477 e. The molecule has 9 heteroatoms. The van der Waals surface area contributed by atoms with E-state index >= 15 is 4.39 Å². The molecule has 0 amide bonds. The number of aromatic carboxylic acids is 1. The maximum absolute atomic E-state index is 15.6. The van der Waals surface area contributed by atoms with Crippen LogP contribution in [0.3, 0.4) is 0 Å². The van der Waals surface area contributed by atoms with Crippen LogP contribution in [0.2, 0.25) is 10.0 Å². The van der Waals surface area contributed by atoms with Crippen molar-refractivity contribution in [1.29, 1.82) is 0 Å². The summed E-state index contributed by atoms with van der Waals surface area (Å²) in [6.45, 7) is 1.24. The van der Waals surface area contributed by atoms with Gasteiger partial charge in [0.15, 0.2) is 5.82 Å². The van der Waals surface area contributed by atoms with Crippen LogP contribution in [0.5, 0.6) is 0 Å². The van der Waals surface area contributed by atoms with Gasteiger partial charge in [0.1, 0.15) is 5.56 Å². The first kappa shape index (κ1) is 20.8. The Hall–Kier alpha value is -2.09. The van der Waals surface area contributed by atoms with Gasteiger partial charge in [-0.3, -0.25) is 4.79 Å².